The summed E-state index contributed by atoms with van der Waals surface area (Å²) in [5.41, 5.74) is -1.13. The number of amides is 1. The molecule has 0 radical (unpaired) electrons. The third-order valence-corrected chi connectivity index (χ3v) is 6.09. The Morgan fingerprint density at radius 1 is 1.29 bits per heavy atom. The Bertz CT molecular complexity index is 1500. The number of fused-ring (bicyclic) bond motifs is 1. The zero-order valence-electron chi connectivity index (χ0n) is 18.0. The maximum atomic E-state index is 15.0. The van der Waals surface area contributed by atoms with Gasteiger partial charge in [-0.15, -0.1) is 0 Å². The molecular formula is C21H16FN7O5S. The van der Waals surface area contributed by atoms with Crippen LogP contribution in [0.2, 0.25) is 0 Å². The third-order valence-electron chi connectivity index (χ3n) is 5.42. The van der Waals surface area contributed by atoms with Gasteiger partial charge >= 0.3 is 5.97 Å². The van der Waals surface area contributed by atoms with Gasteiger partial charge in [0.1, 0.15) is 23.3 Å². The minimum Gasteiger partial charge on any atom is -0.495 e. The number of aromatic nitrogens is 5. The summed E-state index contributed by atoms with van der Waals surface area (Å²) in [6.45, 7) is 0.543. The van der Waals surface area contributed by atoms with Crippen LogP contribution in [0.1, 0.15) is 20.8 Å². The highest BCUT2D eigenvalue weighted by Crippen LogP contribution is 2.27. The van der Waals surface area contributed by atoms with Crippen LogP contribution in [0.3, 0.4) is 0 Å². The Morgan fingerprint density at radius 2 is 2.09 bits per heavy atom. The first-order chi connectivity index (χ1) is 16.9. The van der Waals surface area contributed by atoms with E-state index in [4.69, 9.17) is 4.74 Å². The molecule has 1 aliphatic heterocycles. The lowest BCUT2D eigenvalue weighted by Crippen LogP contribution is -2.60. The van der Waals surface area contributed by atoms with Crippen LogP contribution >= 0.6 is 11.5 Å². The molecule has 4 aromatic heterocycles. The highest BCUT2D eigenvalue weighted by Gasteiger charge is 2.32. The molecule has 14 heteroatoms. The molecule has 1 fully saturated rings. The number of rotatable bonds is 6. The van der Waals surface area contributed by atoms with Crippen molar-refractivity contribution in [3.8, 4) is 10.9 Å². The minimum atomic E-state index is -1.45. The van der Waals surface area contributed by atoms with Gasteiger partial charge in [-0.3, -0.25) is 14.2 Å². The zero-order chi connectivity index (χ0) is 24.7. The van der Waals surface area contributed by atoms with Gasteiger partial charge in [-0.2, -0.15) is 4.37 Å². The van der Waals surface area contributed by atoms with Gasteiger partial charge < -0.3 is 20.1 Å². The van der Waals surface area contributed by atoms with E-state index in [-0.39, 0.29) is 52.7 Å². The standard InChI is InChI=1S/C21H16FN7O5S/c1-34-11-2-3-15(23-5-11)19(31)26-10-6-28(7-10)18-14(22)4-12-16(30)13(20(32)33)8-29(17(12)27-18)21-24-9-25-35-21/h2-5,8-10H,6-7H2,1H3,(H,26,31)(H,32,33). The van der Waals surface area contributed by atoms with Crippen molar-refractivity contribution < 1.29 is 23.8 Å². The van der Waals surface area contributed by atoms with E-state index in [0.717, 1.165) is 23.8 Å². The summed E-state index contributed by atoms with van der Waals surface area (Å²) in [6.07, 6.45) is 3.81. The van der Waals surface area contributed by atoms with E-state index in [1.807, 2.05) is 0 Å². The second-order valence-electron chi connectivity index (χ2n) is 7.59. The Hall–Kier alpha value is -4.46. The van der Waals surface area contributed by atoms with Crippen molar-refractivity contribution in [2.45, 2.75) is 6.04 Å². The van der Waals surface area contributed by atoms with E-state index in [9.17, 15) is 23.9 Å². The van der Waals surface area contributed by atoms with Gasteiger partial charge in [0.15, 0.2) is 17.3 Å². The summed E-state index contributed by atoms with van der Waals surface area (Å²) >= 11 is 0.961. The van der Waals surface area contributed by atoms with Crippen molar-refractivity contribution in [3.05, 3.63) is 64.2 Å². The van der Waals surface area contributed by atoms with Gasteiger partial charge in [0, 0.05) is 30.8 Å². The van der Waals surface area contributed by atoms with E-state index in [1.165, 1.54) is 30.3 Å². The smallest absolute Gasteiger partial charge is 0.341 e. The molecule has 178 valence electrons. The van der Waals surface area contributed by atoms with Crippen LogP contribution in [0.4, 0.5) is 10.2 Å². The third kappa shape index (κ3) is 4.03. The second-order valence-corrected chi connectivity index (χ2v) is 8.35. The molecule has 0 unspecified atom stereocenters. The molecule has 0 spiro atoms. The molecule has 1 amide bonds. The molecule has 1 saturated heterocycles. The van der Waals surface area contributed by atoms with Gasteiger partial charge in [-0.05, 0) is 18.2 Å². The molecule has 0 aliphatic carbocycles. The molecule has 35 heavy (non-hydrogen) atoms. The van der Waals surface area contributed by atoms with Crippen LogP contribution in [0.5, 0.6) is 5.75 Å². The summed E-state index contributed by atoms with van der Waals surface area (Å²) in [5.74, 6) is -2.13. The maximum Gasteiger partial charge on any atom is 0.341 e. The fraction of sp³-hybridized carbons (Fsp3) is 0.190. The largest absolute Gasteiger partial charge is 0.495 e. The lowest BCUT2D eigenvalue weighted by Gasteiger charge is -2.40. The summed E-state index contributed by atoms with van der Waals surface area (Å²) in [6, 6.07) is 3.85. The van der Waals surface area contributed by atoms with Crippen LogP contribution < -0.4 is 20.4 Å². The molecule has 0 saturated carbocycles. The molecule has 2 N–H and O–H groups in total. The first kappa shape index (κ1) is 22.3. The van der Waals surface area contributed by atoms with E-state index in [0.29, 0.717) is 5.75 Å². The normalized spacial score (nSPS) is 13.5. The van der Waals surface area contributed by atoms with Crippen molar-refractivity contribution in [3.63, 3.8) is 0 Å². The number of ether oxygens (including phenoxy) is 1. The van der Waals surface area contributed by atoms with Gasteiger partial charge in [0.2, 0.25) is 10.6 Å². The SMILES string of the molecule is COc1ccc(C(=O)NC2CN(c3nc4c(cc3F)c(=O)c(C(=O)O)cn4-c3ncns3)C2)nc1. The monoisotopic (exact) mass is 497 g/mol. The van der Waals surface area contributed by atoms with E-state index in [1.54, 1.807) is 11.0 Å². The molecule has 0 bridgehead atoms. The van der Waals surface area contributed by atoms with E-state index < -0.39 is 22.8 Å². The number of hydrogen-bond acceptors (Lipinski definition) is 10. The summed E-state index contributed by atoms with van der Waals surface area (Å²) in [5, 5.41) is 12.3. The molecule has 0 atom stereocenters. The number of nitrogens with zero attached hydrogens (tertiary/aromatic N) is 6. The maximum absolute atomic E-state index is 15.0. The molecule has 5 rings (SSSR count). The highest BCUT2D eigenvalue weighted by atomic mass is 32.1. The second kappa shape index (κ2) is 8.72. The number of halogens is 1. The Balaban J connectivity index is 1.41. The predicted octanol–water partition coefficient (Wildman–Crippen LogP) is 1.10. The minimum absolute atomic E-state index is 0.0358. The number of nitrogens with one attached hydrogen (secondary N) is 1. The number of aromatic carboxylic acids is 1. The van der Waals surface area contributed by atoms with Gasteiger partial charge in [0.05, 0.1) is 24.7 Å². The Morgan fingerprint density at radius 3 is 2.71 bits per heavy atom. The van der Waals surface area contributed by atoms with Crippen LogP contribution in [0, 0.1) is 5.82 Å². The average Bonchev–Trinajstić information content (AvgIpc) is 3.36. The number of hydrogen-bond donors (Lipinski definition) is 2. The molecule has 5 heterocycles. The lowest BCUT2D eigenvalue weighted by atomic mass is 10.1. The number of carboxylic acids is 1. The highest BCUT2D eigenvalue weighted by molar-refractivity contribution is 7.08. The summed E-state index contributed by atoms with van der Waals surface area (Å²) < 4.78 is 25.2. The number of anilines is 1. The van der Waals surface area contributed by atoms with Crippen molar-refractivity contribution in [2.75, 3.05) is 25.1 Å². The molecule has 0 aromatic carbocycles. The van der Waals surface area contributed by atoms with Crippen LogP contribution in [0.15, 0.2) is 41.7 Å². The first-order valence-electron chi connectivity index (χ1n) is 10.2. The van der Waals surface area contributed by atoms with Crippen molar-refractivity contribution in [1.29, 1.82) is 0 Å². The number of methoxy groups -OCH3 is 1. The van der Waals surface area contributed by atoms with Gasteiger partial charge in [0.25, 0.3) is 5.91 Å². The van der Waals surface area contributed by atoms with Crippen LogP contribution in [-0.2, 0) is 0 Å². The van der Waals surface area contributed by atoms with Gasteiger partial charge in [-0.1, -0.05) is 0 Å². The zero-order valence-corrected chi connectivity index (χ0v) is 18.8. The molecule has 1 aliphatic rings. The Kier molecular flexibility index (Phi) is 5.56. The van der Waals surface area contributed by atoms with Crippen molar-refractivity contribution >= 4 is 40.3 Å². The fourth-order valence-corrected chi connectivity index (χ4v) is 4.16. The van der Waals surface area contributed by atoms with Crippen LogP contribution in [-0.4, -0.2) is 67.1 Å². The molecular weight excluding hydrogens is 481 g/mol. The topological polar surface area (TPSA) is 152 Å². The number of pyridine rings is 3. The van der Waals surface area contributed by atoms with Crippen LogP contribution in [0.25, 0.3) is 16.2 Å². The van der Waals surface area contributed by atoms with E-state index in [2.05, 4.69) is 24.6 Å². The lowest BCUT2D eigenvalue weighted by molar-refractivity contribution is 0.0694. The number of carbonyl (C=O) groups is 2. The van der Waals surface area contributed by atoms with Crippen molar-refractivity contribution in [2.24, 2.45) is 0 Å². The number of carbonyl (C=O) groups excluding carboxylic acids is 1. The summed E-state index contributed by atoms with van der Waals surface area (Å²) in [7, 11) is 1.50. The molecule has 4 aromatic rings. The fourth-order valence-electron chi connectivity index (χ4n) is 3.65. The molecule has 12 nitrogen and oxygen atoms in total. The summed E-state index contributed by atoms with van der Waals surface area (Å²) in [4.78, 5) is 50.6. The first-order valence-corrected chi connectivity index (χ1v) is 10.9. The van der Waals surface area contributed by atoms with Crippen molar-refractivity contribution in [1.82, 2.24) is 29.2 Å². The quantitative estimate of drug-likeness (QED) is 0.396. The average molecular weight is 497 g/mol. The number of carboxylic acid groups (broad SMARTS) is 1. The van der Waals surface area contributed by atoms with E-state index >= 15 is 0 Å². The van der Waals surface area contributed by atoms with Gasteiger partial charge in [-0.25, -0.2) is 24.1 Å². The Labute approximate surface area is 199 Å². The predicted molar refractivity (Wildman–Crippen MR) is 122 cm³/mol.